The number of aliphatic hydroxyl groups excluding tert-OH is 3. The van der Waals surface area contributed by atoms with Crippen molar-refractivity contribution >= 4 is 31.4 Å². The van der Waals surface area contributed by atoms with E-state index in [1.165, 1.54) is 6.33 Å². The zero-order chi connectivity index (χ0) is 22.4. The fourth-order valence-corrected chi connectivity index (χ4v) is 5.32. The van der Waals surface area contributed by atoms with Crippen LogP contribution in [-0.2, 0) is 20.9 Å². The molecule has 0 bridgehead atoms. The van der Waals surface area contributed by atoms with E-state index in [2.05, 4.69) is 22.6 Å². The van der Waals surface area contributed by atoms with E-state index in [1.54, 1.807) is 43.3 Å². The molecular weight excluding hydrogens is 435 g/mol. The molecule has 1 fully saturated rings. The lowest BCUT2D eigenvalue weighted by molar-refractivity contribution is -0.647. The maximum absolute atomic E-state index is 12.2. The Bertz CT molecular complexity index is 971. The van der Waals surface area contributed by atoms with Crippen LogP contribution in [0.2, 0.25) is 0 Å². The van der Waals surface area contributed by atoms with Crippen LogP contribution in [0.3, 0.4) is 0 Å². The van der Waals surface area contributed by atoms with Gasteiger partial charge in [-0.25, -0.2) is 9.55 Å². The highest BCUT2D eigenvalue weighted by Gasteiger charge is 2.50. The van der Waals surface area contributed by atoms with E-state index in [0.29, 0.717) is 16.2 Å². The molecule has 30 heavy (non-hydrogen) atoms. The molecule has 0 spiro atoms. The van der Waals surface area contributed by atoms with Gasteiger partial charge in [-0.1, -0.05) is 6.92 Å². The molecule has 2 aromatic rings. The molecular formula is C17H28N4O7PS+. The second kappa shape index (κ2) is 8.44. The third-order valence-corrected chi connectivity index (χ3v) is 7.30. The van der Waals surface area contributed by atoms with Crippen molar-refractivity contribution in [3.8, 4) is 0 Å². The minimum absolute atomic E-state index is 0.000832. The average Bonchev–Trinajstić information content (AvgIpc) is 3.12. The molecule has 4 N–H and O–H groups in total. The Hall–Kier alpha value is -1.11. The van der Waals surface area contributed by atoms with Gasteiger partial charge >= 0.3 is 7.60 Å². The van der Waals surface area contributed by atoms with Crippen LogP contribution >= 0.6 is 20.2 Å². The molecule has 0 aromatic carbocycles. The van der Waals surface area contributed by atoms with Gasteiger partial charge in [0.1, 0.15) is 23.6 Å². The first-order valence-corrected chi connectivity index (χ1v) is 11.6. The lowest BCUT2D eigenvalue weighted by Crippen LogP contribution is -2.37. The predicted molar refractivity (Wildman–Crippen MR) is 108 cm³/mol. The van der Waals surface area contributed by atoms with Gasteiger partial charge in [0.2, 0.25) is 18.1 Å². The van der Waals surface area contributed by atoms with E-state index < -0.39 is 43.6 Å². The van der Waals surface area contributed by atoms with Crippen LogP contribution in [0.25, 0.3) is 11.2 Å². The summed E-state index contributed by atoms with van der Waals surface area (Å²) in [5, 5.41) is 31.4. The van der Waals surface area contributed by atoms with Crippen LogP contribution in [0.4, 0.5) is 0 Å². The molecule has 3 rings (SSSR count). The normalized spacial score (nSPS) is 28.0. The quantitative estimate of drug-likeness (QED) is 0.169. The number of imidazole rings is 1. The first kappa shape index (κ1) is 23.6. The van der Waals surface area contributed by atoms with Gasteiger partial charge in [-0.15, -0.1) is 12.6 Å². The highest BCUT2D eigenvalue weighted by Crippen LogP contribution is 2.52. The Labute approximate surface area is 179 Å². The number of aliphatic hydroxyl groups is 3. The van der Waals surface area contributed by atoms with Gasteiger partial charge in [0.15, 0.2) is 5.85 Å². The smallest absolute Gasteiger partial charge is 0.356 e. The van der Waals surface area contributed by atoms with Crippen LogP contribution in [0.5, 0.6) is 0 Å². The molecule has 11 nitrogen and oxygen atoms in total. The summed E-state index contributed by atoms with van der Waals surface area (Å²) < 4.78 is 26.8. The van der Waals surface area contributed by atoms with E-state index in [4.69, 9.17) is 9.26 Å². The number of nitrogens with zero attached hydrogens (tertiary/aromatic N) is 4. The van der Waals surface area contributed by atoms with Crippen molar-refractivity contribution in [2.24, 2.45) is 7.05 Å². The maximum Gasteiger partial charge on any atom is 0.356 e. The molecule has 3 heterocycles. The molecule has 0 aliphatic carbocycles. The summed E-state index contributed by atoms with van der Waals surface area (Å²) in [5.74, 6) is -1.51. The van der Waals surface area contributed by atoms with E-state index in [-0.39, 0.29) is 12.8 Å². The van der Waals surface area contributed by atoms with E-state index in [0.717, 1.165) is 0 Å². The number of thiol groups is 1. The summed E-state index contributed by atoms with van der Waals surface area (Å²) in [4.78, 5) is 18.3. The summed E-state index contributed by atoms with van der Waals surface area (Å²) in [6.07, 6.45) is -1.34. The van der Waals surface area contributed by atoms with Crippen molar-refractivity contribution in [3.05, 3.63) is 12.7 Å². The molecule has 2 aromatic heterocycles. The molecule has 1 aliphatic heterocycles. The summed E-state index contributed by atoms with van der Waals surface area (Å²) in [7, 11) is -2.51. The minimum atomic E-state index is -4.28. The SMILES string of the molecule is CCC(O)P(=O)(O)OC(C)(C)C[C@H]1OC(n2c[n+](C)c3c(S)ncnc32)[C@H](O)[C@@H]1O. The maximum atomic E-state index is 12.2. The largest absolute Gasteiger partial charge is 0.387 e. The zero-order valence-corrected chi connectivity index (χ0v) is 18.9. The number of aryl methyl sites for hydroxylation is 1. The molecule has 168 valence electrons. The number of aromatic nitrogens is 4. The molecule has 0 radical (unpaired) electrons. The van der Waals surface area contributed by atoms with Gasteiger partial charge in [0.05, 0.1) is 18.8 Å². The Morgan fingerprint density at radius 2 is 2.07 bits per heavy atom. The van der Waals surface area contributed by atoms with Crippen LogP contribution in [-0.4, -0.2) is 64.5 Å². The molecule has 0 amide bonds. The third kappa shape index (κ3) is 4.42. The molecule has 6 atom stereocenters. The molecule has 3 unspecified atom stereocenters. The van der Waals surface area contributed by atoms with Gasteiger partial charge in [-0.3, -0.25) is 4.57 Å². The van der Waals surface area contributed by atoms with E-state index >= 15 is 0 Å². The highest BCUT2D eigenvalue weighted by molar-refractivity contribution is 7.80. The van der Waals surface area contributed by atoms with Gasteiger partial charge in [-0.2, -0.15) is 9.55 Å². The second-order valence-electron chi connectivity index (χ2n) is 8.06. The number of hydrogen-bond acceptors (Lipinski definition) is 9. The van der Waals surface area contributed by atoms with Gasteiger partial charge in [-0.05, 0) is 20.3 Å². The second-order valence-corrected chi connectivity index (χ2v) is 10.4. The van der Waals surface area contributed by atoms with Crippen molar-refractivity contribution < 1.29 is 38.6 Å². The number of rotatable bonds is 7. The number of hydrogen-bond donors (Lipinski definition) is 5. The Kier molecular flexibility index (Phi) is 6.62. The van der Waals surface area contributed by atoms with Crippen molar-refractivity contribution in [2.75, 3.05) is 0 Å². The summed E-state index contributed by atoms with van der Waals surface area (Å²) in [6.45, 7) is 4.68. The van der Waals surface area contributed by atoms with Crippen molar-refractivity contribution in [1.82, 2.24) is 14.5 Å². The molecule has 1 saturated heterocycles. The van der Waals surface area contributed by atoms with Gasteiger partial charge in [0, 0.05) is 6.42 Å². The summed E-state index contributed by atoms with van der Waals surface area (Å²) in [6, 6.07) is 0. The van der Waals surface area contributed by atoms with E-state index in [9.17, 15) is 24.8 Å². The highest BCUT2D eigenvalue weighted by atomic mass is 32.1. The van der Waals surface area contributed by atoms with Crippen molar-refractivity contribution in [2.45, 2.75) is 74.6 Å². The van der Waals surface area contributed by atoms with Crippen LogP contribution in [0.1, 0.15) is 39.8 Å². The lowest BCUT2D eigenvalue weighted by Gasteiger charge is -2.32. The molecule has 0 saturated carbocycles. The lowest BCUT2D eigenvalue weighted by atomic mass is 9.97. The summed E-state index contributed by atoms with van der Waals surface area (Å²) in [5.41, 5.74) is -0.117. The number of fused-ring (bicyclic) bond motifs is 1. The van der Waals surface area contributed by atoms with Crippen LogP contribution in [0.15, 0.2) is 17.7 Å². The van der Waals surface area contributed by atoms with Crippen molar-refractivity contribution in [3.63, 3.8) is 0 Å². The first-order chi connectivity index (χ1) is 13.9. The monoisotopic (exact) mass is 463 g/mol. The fraction of sp³-hybridized carbons (Fsp3) is 0.706. The topological polar surface area (TPSA) is 151 Å². The van der Waals surface area contributed by atoms with Crippen molar-refractivity contribution in [1.29, 1.82) is 0 Å². The number of ether oxygens (including phenoxy) is 1. The van der Waals surface area contributed by atoms with Gasteiger partial charge in [0.25, 0.3) is 5.65 Å². The van der Waals surface area contributed by atoms with Crippen LogP contribution in [0, 0.1) is 0 Å². The minimum Gasteiger partial charge on any atom is -0.387 e. The Morgan fingerprint density at radius 1 is 1.40 bits per heavy atom. The van der Waals surface area contributed by atoms with Gasteiger partial charge < -0.3 is 29.5 Å². The molecule has 13 heteroatoms. The predicted octanol–water partition coefficient (Wildman–Crippen LogP) is 0.263. The Balaban J connectivity index is 1.83. The third-order valence-electron chi connectivity index (χ3n) is 5.10. The zero-order valence-electron chi connectivity index (χ0n) is 17.2. The van der Waals surface area contributed by atoms with Crippen LogP contribution < -0.4 is 4.57 Å². The average molecular weight is 463 g/mol. The fourth-order valence-electron chi connectivity index (χ4n) is 3.65. The summed E-state index contributed by atoms with van der Waals surface area (Å²) >= 11 is 4.33. The standard InChI is InChI=1S/C17H27N4O7PS/c1-5-10(22)29(25,26)28-17(2,3)6-9-12(23)13(24)16(27-9)21-8-20(4)11-14(21)18-7-19-15(11)30/h7-10,12-13,16,22-24H,5-6H2,1-4H3,(H-,18,19,25,26,30)/p+1/t9-,10?,12-,13-,16?/m1/s1. The molecule has 1 aliphatic rings. The Morgan fingerprint density at radius 3 is 2.70 bits per heavy atom. The first-order valence-electron chi connectivity index (χ1n) is 9.51. The van der Waals surface area contributed by atoms with E-state index in [1.807, 2.05) is 0 Å².